The molecule has 0 aliphatic carbocycles. The lowest BCUT2D eigenvalue weighted by Crippen LogP contribution is -1.93. The Hall–Kier alpha value is -0.540. The van der Waals surface area contributed by atoms with Gasteiger partial charge in [-0.1, -0.05) is 11.6 Å². The molecule has 0 atom stereocenters. The fourth-order valence-corrected chi connectivity index (χ4v) is 1.58. The molecule has 0 saturated heterocycles. The first kappa shape index (κ1) is 9.55. The number of hydrogen-bond donors (Lipinski definition) is 1. The molecule has 0 aliphatic rings. The summed E-state index contributed by atoms with van der Waals surface area (Å²) in [4.78, 5) is 11.0. The third-order valence-electron chi connectivity index (χ3n) is 1.42. The molecule has 0 saturated carbocycles. The SMILES string of the molecule is CC(=O)c1cc(Cl)c(O)cc1Br. The van der Waals surface area contributed by atoms with E-state index in [2.05, 4.69) is 15.9 Å². The van der Waals surface area contributed by atoms with Gasteiger partial charge < -0.3 is 5.11 Å². The number of rotatable bonds is 1. The Morgan fingerprint density at radius 2 is 2.17 bits per heavy atom. The molecule has 1 aromatic carbocycles. The minimum atomic E-state index is -0.0937. The molecule has 0 spiro atoms. The molecule has 0 heterocycles. The number of phenols is 1. The number of halogens is 2. The van der Waals surface area contributed by atoms with Crippen LogP contribution in [-0.2, 0) is 0 Å². The molecule has 0 aliphatic heterocycles. The molecule has 0 radical (unpaired) electrons. The predicted molar refractivity (Wildman–Crippen MR) is 50.8 cm³/mol. The molecule has 1 rings (SSSR count). The van der Waals surface area contributed by atoms with Gasteiger partial charge in [0, 0.05) is 10.0 Å². The minimum Gasteiger partial charge on any atom is -0.506 e. The first-order chi connectivity index (χ1) is 5.52. The normalized spacial score (nSPS) is 9.92. The van der Waals surface area contributed by atoms with E-state index < -0.39 is 0 Å². The lowest BCUT2D eigenvalue weighted by molar-refractivity contribution is 0.101. The maximum Gasteiger partial charge on any atom is 0.160 e. The van der Waals surface area contributed by atoms with Gasteiger partial charge in [-0.05, 0) is 35.0 Å². The Bertz CT molecular complexity index is 336. The van der Waals surface area contributed by atoms with Crippen LogP contribution in [0.2, 0.25) is 5.02 Å². The maximum atomic E-state index is 11.0. The highest BCUT2D eigenvalue weighted by molar-refractivity contribution is 9.10. The van der Waals surface area contributed by atoms with Crippen LogP contribution >= 0.6 is 27.5 Å². The topological polar surface area (TPSA) is 37.3 Å². The van der Waals surface area contributed by atoms with Crippen LogP contribution in [0.25, 0.3) is 0 Å². The van der Waals surface area contributed by atoms with Crippen molar-refractivity contribution >= 4 is 33.3 Å². The van der Waals surface area contributed by atoms with Gasteiger partial charge in [0.05, 0.1) is 5.02 Å². The van der Waals surface area contributed by atoms with Crippen molar-refractivity contribution in [2.75, 3.05) is 0 Å². The van der Waals surface area contributed by atoms with Crippen LogP contribution in [0, 0.1) is 0 Å². The summed E-state index contributed by atoms with van der Waals surface area (Å²) in [6, 6.07) is 2.84. The van der Waals surface area contributed by atoms with Gasteiger partial charge in [0.25, 0.3) is 0 Å². The summed E-state index contributed by atoms with van der Waals surface area (Å²) in [7, 11) is 0. The number of carbonyl (C=O) groups is 1. The van der Waals surface area contributed by atoms with Crippen LogP contribution in [0.3, 0.4) is 0 Å². The zero-order valence-corrected chi connectivity index (χ0v) is 8.61. The zero-order valence-electron chi connectivity index (χ0n) is 6.27. The summed E-state index contributed by atoms with van der Waals surface area (Å²) < 4.78 is 0.553. The van der Waals surface area contributed by atoms with Gasteiger partial charge in [0.15, 0.2) is 5.78 Å². The molecule has 0 aromatic heterocycles. The van der Waals surface area contributed by atoms with E-state index in [9.17, 15) is 4.79 Å². The quantitative estimate of drug-likeness (QED) is 0.777. The van der Waals surface area contributed by atoms with Gasteiger partial charge >= 0.3 is 0 Å². The van der Waals surface area contributed by atoms with Crippen LogP contribution in [0.4, 0.5) is 0 Å². The van der Waals surface area contributed by atoms with Crippen LogP contribution in [-0.4, -0.2) is 10.9 Å². The van der Waals surface area contributed by atoms with Gasteiger partial charge in [-0.25, -0.2) is 0 Å². The zero-order chi connectivity index (χ0) is 9.30. The first-order valence-corrected chi connectivity index (χ1v) is 4.38. The van der Waals surface area contributed by atoms with Gasteiger partial charge in [0.2, 0.25) is 0 Å². The summed E-state index contributed by atoms with van der Waals surface area (Å²) in [5.41, 5.74) is 0.470. The Kier molecular flexibility index (Phi) is 2.75. The van der Waals surface area contributed by atoms with Gasteiger partial charge in [-0.3, -0.25) is 4.79 Å². The highest BCUT2D eigenvalue weighted by Gasteiger charge is 2.08. The molecule has 2 nitrogen and oxygen atoms in total. The summed E-state index contributed by atoms with van der Waals surface area (Å²) in [5.74, 6) is -0.127. The van der Waals surface area contributed by atoms with E-state index in [1.165, 1.54) is 19.1 Å². The highest BCUT2D eigenvalue weighted by Crippen LogP contribution is 2.30. The molecule has 0 fully saturated rings. The number of phenolic OH excluding ortho intramolecular Hbond substituents is 1. The van der Waals surface area contributed by atoms with E-state index in [1.54, 1.807) is 0 Å². The molecule has 0 unspecified atom stereocenters. The standard InChI is InChI=1S/C8H6BrClO2/c1-4(11)5-2-7(10)8(12)3-6(5)9/h2-3,12H,1H3. The number of Topliss-reactive ketones (excluding diaryl/α,β-unsaturated/α-hetero) is 1. The average molecular weight is 249 g/mol. The molecule has 4 heteroatoms. The largest absolute Gasteiger partial charge is 0.506 e. The number of aromatic hydroxyl groups is 1. The van der Waals surface area contributed by atoms with Crippen molar-refractivity contribution in [2.24, 2.45) is 0 Å². The van der Waals surface area contributed by atoms with Crippen molar-refractivity contribution in [3.8, 4) is 5.75 Å². The second-order valence-corrected chi connectivity index (χ2v) is 3.60. The summed E-state index contributed by atoms with van der Waals surface area (Å²) in [5, 5.41) is 9.32. The third-order valence-corrected chi connectivity index (χ3v) is 2.37. The van der Waals surface area contributed by atoms with Crippen LogP contribution < -0.4 is 0 Å². The summed E-state index contributed by atoms with van der Waals surface area (Å²) in [6.45, 7) is 1.44. The number of hydrogen-bond acceptors (Lipinski definition) is 2. The second kappa shape index (κ2) is 3.46. The number of ketones is 1. The van der Waals surface area contributed by atoms with Crippen LogP contribution in [0.15, 0.2) is 16.6 Å². The molecule has 0 amide bonds. The van der Waals surface area contributed by atoms with Gasteiger partial charge in [-0.2, -0.15) is 0 Å². The van der Waals surface area contributed by atoms with E-state index >= 15 is 0 Å². The molecule has 1 aromatic rings. The van der Waals surface area contributed by atoms with Crippen molar-refractivity contribution in [2.45, 2.75) is 6.92 Å². The monoisotopic (exact) mass is 248 g/mol. The van der Waals surface area contributed by atoms with Crippen LogP contribution in [0.5, 0.6) is 5.75 Å². The predicted octanol–water partition coefficient (Wildman–Crippen LogP) is 3.01. The average Bonchev–Trinajstić information content (AvgIpc) is 1.96. The molecular formula is C8H6BrClO2. The minimum absolute atomic E-state index is 0.0338. The van der Waals surface area contributed by atoms with Gasteiger partial charge in [-0.15, -0.1) is 0 Å². The first-order valence-electron chi connectivity index (χ1n) is 3.21. The Labute approximate surface area is 83.3 Å². The number of carbonyl (C=O) groups excluding carboxylic acids is 1. The van der Waals surface area contributed by atoms with Crippen molar-refractivity contribution in [3.63, 3.8) is 0 Å². The van der Waals surface area contributed by atoms with E-state index in [-0.39, 0.29) is 16.6 Å². The molecule has 12 heavy (non-hydrogen) atoms. The lowest BCUT2D eigenvalue weighted by Gasteiger charge is -2.02. The van der Waals surface area contributed by atoms with Crippen molar-refractivity contribution < 1.29 is 9.90 Å². The molecular weight excluding hydrogens is 243 g/mol. The van der Waals surface area contributed by atoms with E-state index in [1.807, 2.05) is 0 Å². The summed E-state index contributed by atoms with van der Waals surface area (Å²) >= 11 is 8.75. The summed E-state index contributed by atoms with van der Waals surface area (Å²) in [6.07, 6.45) is 0. The molecule has 0 bridgehead atoms. The van der Waals surface area contributed by atoms with E-state index in [0.717, 1.165) is 0 Å². The van der Waals surface area contributed by atoms with Gasteiger partial charge in [0.1, 0.15) is 5.75 Å². The molecule has 1 N–H and O–H groups in total. The number of benzene rings is 1. The molecule has 64 valence electrons. The second-order valence-electron chi connectivity index (χ2n) is 2.34. The van der Waals surface area contributed by atoms with Crippen molar-refractivity contribution in [3.05, 3.63) is 27.2 Å². The van der Waals surface area contributed by atoms with Crippen molar-refractivity contribution in [1.82, 2.24) is 0 Å². The fourth-order valence-electron chi connectivity index (χ4n) is 0.806. The smallest absolute Gasteiger partial charge is 0.160 e. The lowest BCUT2D eigenvalue weighted by atomic mass is 10.1. The third kappa shape index (κ3) is 1.79. The van der Waals surface area contributed by atoms with E-state index in [4.69, 9.17) is 16.7 Å². The van der Waals surface area contributed by atoms with Crippen molar-refractivity contribution in [1.29, 1.82) is 0 Å². The highest BCUT2D eigenvalue weighted by atomic mass is 79.9. The Morgan fingerprint density at radius 1 is 1.58 bits per heavy atom. The Morgan fingerprint density at radius 3 is 2.67 bits per heavy atom. The van der Waals surface area contributed by atoms with Crippen LogP contribution in [0.1, 0.15) is 17.3 Å². The van der Waals surface area contributed by atoms with E-state index in [0.29, 0.717) is 10.0 Å². The fraction of sp³-hybridized carbons (Fsp3) is 0.125. The Balaban J connectivity index is 3.33. The maximum absolute atomic E-state index is 11.0.